The summed E-state index contributed by atoms with van der Waals surface area (Å²) < 4.78 is 0. The number of carbonyl (C=O) groups is 1. The number of halogens is 1. The fraction of sp³-hybridized carbons (Fsp3) is 0.278. The van der Waals surface area contributed by atoms with E-state index in [9.17, 15) is 9.90 Å². The molecule has 5 heteroatoms. The molecule has 1 fully saturated rings. The van der Waals surface area contributed by atoms with Gasteiger partial charge in [-0.2, -0.15) is 0 Å². The molecule has 1 N–H and O–H groups in total. The average molecular weight is 348 g/mol. The van der Waals surface area contributed by atoms with Gasteiger partial charge in [0.05, 0.1) is 6.10 Å². The van der Waals surface area contributed by atoms with E-state index >= 15 is 0 Å². The number of amides is 1. The molecular formula is C18H18ClNO2S. The molecular weight excluding hydrogens is 330 g/mol. The van der Waals surface area contributed by atoms with E-state index in [4.69, 9.17) is 11.6 Å². The summed E-state index contributed by atoms with van der Waals surface area (Å²) in [5.74, 6) is -0.0369. The summed E-state index contributed by atoms with van der Waals surface area (Å²) in [5.41, 5.74) is 1.12. The number of thiophene rings is 1. The van der Waals surface area contributed by atoms with Crippen molar-refractivity contribution in [3.05, 3.63) is 52.4 Å². The number of piperidine rings is 1. The van der Waals surface area contributed by atoms with Crippen molar-refractivity contribution >= 4 is 34.9 Å². The summed E-state index contributed by atoms with van der Waals surface area (Å²) in [7, 11) is 0. The van der Waals surface area contributed by atoms with E-state index < -0.39 is 0 Å². The van der Waals surface area contributed by atoms with E-state index in [1.54, 1.807) is 22.3 Å². The monoisotopic (exact) mass is 347 g/mol. The van der Waals surface area contributed by atoms with Crippen LogP contribution in [0.4, 0.5) is 0 Å². The van der Waals surface area contributed by atoms with Crippen LogP contribution >= 0.6 is 22.9 Å². The Morgan fingerprint density at radius 1 is 1.26 bits per heavy atom. The van der Waals surface area contributed by atoms with Gasteiger partial charge in [0.1, 0.15) is 0 Å². The maximum Gasteiger partial charge on any atom is 0.246 e. The highest BCUT2D eigenvalue weighted by atomic mass is 35.5. The highest BCUT2D eigenvalue weighted by molar-refractivity contribution is 7.16. The molecule has 1 aromatic heterocycles. The Morgan fingerprint density at radius 2 is 2.04 bits per heavy atom. The quantitative estimate of drug-likeness (QED) is 0.850. The number of hydrogen-bond acceptors (Lipinski definition) is 3. The topological polar surface area (TPSA) is 40.5 Å². The molecule has 0 radical (unpaired) electrons. The Kier molecular flexibility index (Phi) is 5.16. The SMILES string of the molecule is O=C(C=Cc1ccc(-c2ccc(Cl)cc2)s1)N1CCCC(O)C1. The standard InChI is InChI=1S/C18H18ClNO2S/c19-14-5-3-13(4-6-14)17-9-7-16(23-17)8-10-18(22)20-11-1-2-15(21)12-20/h3-10,15,21H,1-2,11-12H2. The summed E-state index contributed by atoms with van der Waals surface area (Å²) in [5, 5.41) is 10.4. The van der Waals surface area contributed by atoms with Crippen molar-refractivity contribution in [3.8, 4) is 10.4 Å². The molecule has 1 aromatic carbocycles. The zero-order valence-corrected chi connectivity index (χ0v) is 14.2. The summed E-state index contributed by atoms with van der Waals surface area (Å²) in [4.78, 5) is 16.0. The molecule has 0 aliphatic carbocycles. The Bertz CT molecular complexity index is 708. The number of hydrogen-bond donors (Lipinski definition) is 1. The van der Waals surface area contributed by atoms with E-state index in [1.165, 1.54) is 0 Å². The molecule has 1 unspecified atom stereocenters. The van der Waals surface area contributed by atoms with Crippen molar-refractivity contribution in [2.75, 3.05) is 13.1 Å². The van der Waals surface area contributed by atoms with Gasteiger partial charge >= 0.3 is 0 Å². The molecule has 0 spiro atoms. The zero-order chi connectivity index (χ0) is 16.2. The highest BCUT2D eigenvalue weighted by Crippen LogP contribution is 2.29. The lowest BCUT2D eigenvalue weighted by molar-refractivity contribution is -0.128. The Morgan fingerprint density at radius 3 is 2.78 bits per heavy atom. The van der Waals surface area contributed by atoms with Gasteiger partial charge in [-0.3, -0.25) is 4.79 Å². The van der Waals surface area contributed by atoms with Crippen LogP contribution in [0.5, 0.6) is 0 Å². The average Bonchev–Trinajstić information content (AvgIpc) is 3.02. The molecule has 0 saturated carbocycles. The predicted molar refractivity (Wildman–Crippen MR) is 95.6 cm³/mol. The number of nitrogens with zero attached hydrogens (tertiary/aromatic N) is 1. The maximum atomic E-state index is 12.1. The number of benzene rings is 1. The fourth-order valence-corrected chi connectivity index (χ4v) is 3.67. The van der Waals surface area contributed by atoms with E-state index in [0.29, 0.717) is 6.54 Å². The lowest BCUT2D eigenvalue weighted by Gasteiger charge is -2.29. The van der Waals surface area contributed by atoms with Gasteiger partial charge < -0.3 is 10.0 Å². The van der Waals surface area contributed by atoms with Crippen molar-refractivity contribution in [2.24, 2.45) is 0 Å². The molecule has 2 heterocycles. The second-order valence-electron chi connectivity index (χ2n) is 5.62. The van der Waals surface area contributed by atoms with Crippen molar-refractivity contribution in [3.63, 3.8) is 0 Å². The Balaban J connectivity index is 1.66. The lowest BCUT2D eigenvalue weighted by Crippen LogP contribution is -2.41. The van der Waals surface area contributed by atoms with E-state index in [2.05, 4.69) is 0 Å². The first kappa shape index (κ1) is 16.2. The molecule has 1 amide bonds. The molecule has 120 valence electrons. The molecule has 0 bridgehead atoms. The minimum atomic E-state index is -0.389. The van der Waals surface area contributed by atoms with Gasteiger partial charge in [-0.25, -0.2) is 0 Å². The molecule has 2 aromatic rings. The summed E-state index contributed by atoms with van der Waals surface area (Å²) in [6.07, 6.45) is 4.69. The van der Waals surface area contributed by atoms with Crippen LogP contribution in [0.25, 0.3) is 16.5 Å². The maximum absolute atomic E-state index is 12.1. The number of aliphatic hydroxyl groups is 1. The molecule has 3 nitrogen and oxygen atoms in total. The second-order valence-corrected chi connectivity index (χ2v) is 7.17. The number of carbonyl (C=O) groups excluding carboxylic acids is 1. The van der Waals surface area contributed by atoms with Crippen LogP contribution in [0.1, 0.15) is 17.7 Å². The smallest absolute Gasteiger partial charge is 0.246 e. The van der Waals surface area contributed by atoms with Crippen LogP contribution in [-0.4, -0.2) is 35.1 Å². The third kappa shape index (κ3) is 4.22. The number of rotatable bonds is 3. The van der Waals surface area contributed by atoms with Crippen LogP contribution in [-0.2, 0) is 4.79 Å². The predicted octanol–water partition coefficient (Wildman–Crippen LogP) is 4.07. The van der Waals surface area contributed by atoms with Crippen molar-refractivity contribution < 1.29 is 9.90 Å². The van der Waals surface area contributed by atoms with Crippen LogP contribution in [0, 0.1) is 0 Å². The van der Waals surface area contributed by atoms with E-state index in [-0.39, 0.29) is 12.0 Å². The summed E-state index contributed by atoms with van der Waals surface area (Å²) in [6.45, 7) is 1.16. The third-order valence-electron chi connectivity index (χ3n) is 3.85. The Hall–Kier alpha value is -1.62. The van der Waals surface area contributed by atoms with Gasteiger partial charge in [-0.1, -0.05) is 23.7 Å². The van der Waals surface area contributed by atoms with Crippen LogP contribution < -0.4 is 0 Å². The third-order valence-corrected chi connectivity index (χ3v) is 5.21. The highest BCUT2D eigenvalue weighted by Gasteiger charge is 2.20. The van der Waals surface area contributed by atoms with Gasteiger partial charge in [0, 0.05) is 33.9 Å². The summed E-state index contributed by atoms with van der Waals surface area (Å²) >= 11 is 7.54. The van der Waals surface area contributed by atoms with Crippen molar-refractivity contribution in [2.45, 2.75) is 18.9 Å². The minimum Gasteiger partial charge on any atom is -0.391 e. The number of aliphatic hydroxyl groups excluding tert-OH is 1. The normalized spacial score (nSPS) is 18.5. The molecule has 1 aliphatic heterocycles. The van der Waals surface area contributed by atoms with Crippen LogP contribution in [0.3, 0.4) is 0 Å². The molecule has 23 heavy (non-hydrogen) atoms. The Labute approximate surface area is 144 Å². The number of likely N-dealkylation sites (tertiary alicyclic amines) is 1. The largest absolute Gasteiger partial charge is 0.391 e. The van der Waals surface area contributed by atoms with E-state index in [1.807, 2.05) is 42.5 Å². The zero-order valence-electron chi connectivity index (χ0n) is 12.6. The van der Waals surface area contributed by atoms with Crippen LogP contribution in [0.15, 0.2) is 42.5 Å². The van der Waals surface area contributed by atoms with Gasteiger partial charge in [0.2, 0.25) is 5.91 Å². The fourth-order valence-electron chi connectivity index (χ4n) is 2.63. The van der Waals surface area contributed by atoms with Crippen molar-refractivity contribution in [1.29, 1.82) is 0 Å². The van der Waals surface area contributed by atoms with Gasteiger partial charge in [-0.05, 0) is 48.7 Å². The molecule has 1 saturated heterocycles. The van der Waals surface area contributed by atoms with Gasteiger partial charge in [0.25, 0.3) is 0 Å². The first-order valence-corrected chi connectivity index (χ1v) is 8.82. The van der Waals surface area contributed by atoms with E-state index in [0.717, 1.165) is 39.7 Å². The molecule has 1 aliphatic rings. The number of β-amino-alcohol motifs (C(OH)–C–C–N with tert-alkyl or cyclic N) is 1. The van der Waals surface area contributed by atoms with Gasteiger partial charge in [-0.15, -0.1) is 11.3 Å². The second kappa shape index (κ2) is 7.30. The van der Waals surface area contributed by atoms with Gasteiger partial charge in [0.15, 0.2) is 0 Å². The van der Waals surface area contributed by atoms with Crippen molar-refractivity contribution in [1.82, 2.24) is 4.90 Å². The molecule has 3 rings (SSSR count). The summed E-state index contributed by atoms with van der Waals surface area (Å²) in [6, 6.07) is 11.8. The van der Waals surface area contributed by atoms with Crippen LogP contribution in [0.2, 0.25) is 5.02 Å². The molecule has 1 atom stereocenters. The minimum absolute atomic E-state index is 0.0369. The lowest BCUT2D eigenvalue weighted by atomic mass is 10.1. The first-order valence-electron chi connectivity index (χ1n) is 7.62. The first-order chi connectivity index (χ1) is 11.1.